The molecule has 0 fully saturated rings. The SMILES string of the molecule is CN(C)[C@H](CCNC(=O)N1Cc2ccc(F)cc2C1)c1ccsc1. The number of benzene rings is 1. The number of carbonyl (C=O) groups is 1. The van der Waals surface area contributed by atoms with E-state index in [4.69, 9.17) is 0 Å². The van der Waals surface area contributed by atoms with E-state index in [1.165, 1.54) is 17.7 Å². The predicted molar refractivity (Wildman–Crippen MR) is 94.4 cm³/mol. The molecule has 1 aromatic carbocycles. The first-order valence-corrected chi connectivity index (χ1v) is 8.97. The van der Waals surface area contributed by atoms with Crippen molar-refractivity contribution in [2.75, 3.05) is 20.6 Å². The molecular formula is C18H22FN3OS. The lowest BCUT2D eigenvalue weighted by Gasteiger charge is -2.24. The van der Waals surface area contributed by atoms with Crippen molar-refractivity contribution in [1.29, 1.82) is 0 Å². The molecule has 0 unspecified atom stereocenters. The van der Waals surface area contributed by atoms with Crippen LogP contribution in [-0.4, -0.2) is 36.5 Å². The predicted octanol–water partition coefficient (Wildman–Crippen LogP) is 3.61. The fourth-order valence-electron chi connectivity index (χ4n) is 3.12. The molecule has 1 aromatic heterocycles. The van der Waals surface area contributed by atoms with E-state index in [9.17, 15) is 9.18 Å². The lowest BCUT2D eigenvalue weighted by Crippen LogP contribution is -2.38. The monoisotopic (exact) mass is 347 g/mol. The summed E-state index contributed by atoms with van der Waals surface area (Å²) in [4.78, 5) is 16.2. The van der Waals surface area contributed by atoms with Crippen molar-refractivity contribution in [2.24, 2.45) is 0 Å². The van der Waals surface area contributed by atoms with Crippen LogP contribution in [0.2, 0.25) is 0 Å². The third-order valence-electron chi connectivity index (χ3n) is 4.42. The fourth-order valence-corrected chi connectivity index (χ4v) is 3.83. The smallest absolute Gasteiger partial charge is 0.318 e. The van der Waals surface area contributed by atoms with E-state index in [1.54, 1.807) is 22.3 Å². The zero-order valence-electron chi connectivity index (χ0n) is 14.0. The van der Waals surface area contributed by atoms with Crippen molar-refractivity contribution >= 4 is 17.4 Å². The Hall–Kier alpha value is -1.92. The number of nitrogens with zero attached hydrogens (tertiary/aromatic N) is 2. The van der Waals surface area contributed by atoms with Crippen LogP contribution in [0.25, 0.3) is 0 Å². The molecule has 2 aromatic rings. The maximum absolute atomic E-state index is 13.3. The van der Waals surface area contributed by atoms with Gasteiger partial charge in [0.15, 0.2) is 0 Å². The molecule has 2 amide bonds. The van der Waals surface area contributed by atoms with Crippen LogP contribution in [0.4, 0.5) is 9.18 Å². The number of hydrogen-bond acceptors (Lipinski definition) is 3. The van der Waals surface area contributed by atoms with Crippen LogP contribution >= 0.6 is 11.3 Å². The van der Waals surface area contributed by atoms with Crippen molar-refractivity contribution < 1.29 is 9.18 Å². The minimum Gasteiger partial charge on any atom is -0.338 e. The van der Waals surface area contributed by atoms with Gasteiger partial charge in [0.1, 0.15) is 5.82 Å². The number of thiophene rings is 1. The van der Waals surface area contributed by atoms with Gasteiger partial charge in [0.05, 0.1) is 0 Å². The number of carbonyl (C=O) groups excluding carboxylic acids is 1. The van der Waals surface area contributed by atoms with E-state index in [-0.39, 0.29) is 11.8 Å². The Morgan fingerprint density at radius 3 is 2.83 bits per heavy atom. The van der Waals surface area contributed by atoms with Gasteiger partial charge in [-0.2, -0.15) is 11.3 Å². The molecule has 1 N–H and O–H groups in total. The van der Waals surface area contributed by atoms with E-state index >= 15 is 0 Å². The third-order valence-corrected chi connectivity index (χ3v) is 5.12. The van der Waals surface area contributed by atoms with Crippen LogP contribution in [0.15, 0.2) is 35.0 Å². The largest absolute Gasteiger partial charge is 0.338 e. The Bertz CT molecular complexity index is 702. The molecule has 24 heavy (non-hydrogen) atoms. The maximum atomic E-state index is 13.3. The molecule has 0 saturated carbocycles. The highest BCUT2D eigenvalue weighted by Crippen LogP contribution is 2.25. The molecule has 0 spiro atoms. The molecule has 3 rings (SSSR count). The van der Waals surface area contributed by atoms with Gasteiger partial charge in [-0.25, -0.2) is 9.18 Å². The number of halogens is 1. The number of rotatable bonds is 5. The number of nitrogens with one attached hydrogen (secondary N) is 1. The summed E-state index contributed by atoms with van der Waals surface area (Å²) in [5.74, 6) is -0.249. The average Bonchev–Trinajstić information content (AvgIpc) is 3.19. The highest BCUT2D eigenvalue weighted by atomic mass is 32.1. The second kappa shape index (κ2) is 7.32. The molecule has 1 aliphatic rings. The zero-order chi connectivity index (χ0) is 17.1. The zero-order valence-corrected chi connectivity index (χ0v) is 14.8. The topological polar surface area (TPSA) is 35.6 Å². The molecule has 0 saturated heterocycles. The fraction of sp³-hybridized carbons (Fsp3) is 0.389. The first-order chi connectivity index (χ1) is 11.5. The number of amides is 2. The van der Waals surface area contributed by atoms with Crippen LogP contribution in [0, 0.1) is 5.82 Å². The molecular weight excluding hydrogens is 325 g/mol. The van der Waals surface area contributed by atoms with Crippen LogP contribution < -0.4 is 5.32 Å². The standard InChI is InChI=1S/C18H22FN3OS/c1-21(2)17(14-6-8-24-12-14)5-7-20-18(23)22-10-13-3-4-16(19)9-15(13)11-22/h3-4,6,8-9,12,17H,5,7,10-11H2,1-2H3,(H,20,23)/t17-/m1/s1. The molecule has 0 radical (unpaired) electrons. The summed E-state index contributed by atoms with van der Waals surface area (Å²) in [6.45, 7) is 1.63. The Labute approximate surface area is 145 Å². The summed E-state index contributed by atoms with van der Waals surface area (Å²) in [6.07, 6.45) is 0.852. The maximum Gasteiger partial charge on any atom is 0.318 e. The van der Waals surface area contributed by atoms with Crippen molar-refractivity contribution in [3.8, 4) is 0 Å². The van der Waals surface area contributed by atoms with Gasteiger partial charge >= 0.3 is 6.03 Å². The van der Waals surface area contributed by atoms with E-state index in [0.29, 0.717) is 25.7 Å². The van der Waals surface area contributed by atoms with Gasteiger partial charge in [0, 0.05) is 25.7 Å². The van der Waals surface area contributed by atoms with E-state index < -0.39 is 0 Å². The Kier molecular flexibility index (Phi) is 5.16. The van der Waals surface area contributed by atoms with Gasteiger partial charge in [-0.05, 0) is 66.2 Å². The van der Waals surface area contributed by atoms with Crippen molar-refractivity contribution in [2.45, 2.75) is 25.6 Å². The number of hydrogen-bond donors (Lipinski definition) is 1. The average molecular weight is 347 g/mol. The Morgan fingerprint density at radius 2 is 2.12 bits per heavy atom. The van der Waals surface area contributed by atoms with Crippen LogP contribution in [0.3, 0.4) is 0 Å². The van der Waals surface area contributed by atoms with Gasteiger partial charge in [-0.1, -0.05) is 6.07 Å². The molecule has 1 atom stereocenters. The summed E-state index contributed by atoms with van der Waals surface area (Å²) < 4.78 is 13.3. The molecule has 1 aliphatic heterocycles. The normalized spacial score (nSPS) is 14.8. The number of fused-ring (bicyclic) bond motifs is 1. The van der Waals surface area contributed by atoms with Crippen molar-refractivity contribution in [3.63, 3.8) is 0 Å². The summed E-state index contributed by atoms with van der Waals surface area (Å²) >= 11 is 1.69. The van der Waals surface area contributed by atoms with E-state index in [2.05, 4.69) is 41.1 Å². The van der Waals surface area contributed by atoms with E-state index in [0.717, 1.165) is 17.5 Å². The second-order valence-electron chi connectivity index (χ2n) is 6.33. The molecule has 128 valence electrons. The highest BCUT2D eigenvalue weighted by molar-refractivity contribution is 7.07. The van der Waals surface area contributed by atoms with Gasteiger partial charge < -0.3 is 15.1 Å². The first-order valence-electron chi connectivity index (χ1n) is 8.03. The summed E-state index contributed by atoms with van der Waals surface area (Å²) in [6, 6.07) is 7.06. The molecule has 2 heterocycles. The molecule has 6 heteroatoms. The van der Waals surface area contributed by atoms with Gasteiger partial charge in [-0.15, -0.1) is 0 Å². The van der Waals surface area contributed by atoms with Gasteiger partial charge in [0.2, 0.25) is 0 Å². The lowest BCUT2D eigenvalue weighted by atomic mass is 10.1. The van der Waals surface area contributed by atoms with Crippen molar-refractivity contribution in [1.82, 2.24) is 15.1 Å². The molecule has 4 nitrogen and oxygen atoms in total. The Morgan fingerprint density at radius 1 is 1.33 bits per heavy atom. The summed E-state index contributed by atoms with van der Waals surface area (Å²) in [5.41, 5.74) is 3.20. The van der Waals surface area contributed by atoms with Gasteiger partial charge in [0.25, 0.3) is 0 Å². The number of urea groups is 1. The van der Waals surface area contributed by atoms with Crippen molar-refractivity contribution in [3.05, 3.63) is 57.5 Å². The highest BCUT2D eigenvalue weighted by Gasteiger charge is 2.23. The minimum absolute atomic E-state index is 0.0885. The lowest BCUT2D eigenvalue weighted by molar-refractivity contribution is 0.196. The third kappa shape index (κ3) is 3.76. The second-order valence-corrected chi connectivity index (χ2v) is 7.11. The Balaban J connectivity index is 1.51. The van der Waals surface area contributed by atoms with Crippen LogP contribution in [0.1, 0.15) is 29.2 Å². The summed E-state index contributed by atoms with van der Waals surface area (Å²) in [5, 5.41) is 7.22. The first kappa shape index (κ1) is 16.9. The molecule has 0 bridgehead atoms. The summed E-state index contributed by atoms with van der Waals surface area (Å²) in [7, 11) is 4.10. The van der Waals surface area contributed by atoms with Gasteiger partial charge in [-0.3, -0.25) is 0 Å². The molecule has 0 aliphatic carbocycles. The minimum atomic E-state index is -0.249. The quantitative estimate of drug-likeness (QED) is 0.897. The van der Waals surface area contributed by atoms with E-state index in [1.807, 2.05) is 0 Å². The van der Waals surface area contributed by atoms with Crippen LogP contribution in [-0.2, 0) is 13.1 Å². The van der Waals surface area contributed by atoms with Crippen LogP contribution in [0.5, 0.6) is 0 Å².